The molecule has 0 spiro atoms. The molecule has 0 aromatic heterocycles. The minimum Gasteiger partial charge on any atom is -0.512 e. The quantitative estimate of drug-likeness (QED) is 0.850. The number of anilines is 1. The van der Waals surface area contributed by atoms with Crippen molar-refractivity contribution in [3.8, 4) is 0 Å². The number of benzene rings is 1. The predicted molar refractivity (Wildman–Crippen MR) is 98.9 cm³/mol. The Kier molecular flexibility index (Phi) is 5.20. The van der Waals surface area contributed by atoms with Crippen molar-refractivity contribution >= 4 is 28.2 Å². The molecule has 0 unspecified atom stereocenters. The lowest BCUT2D eigenvalue weighted by atomic mass is 10.1. The zero-order valence-corrected chi connectivity index (χ0v) is 14.5. The van der Waals surface area contributed by atoms with E-state index in [1.807, 2.05) is 6.07 Å². The second kappa shape index (κ2) is 7.36. The van der Waals surface area contributed by atoms with E-state index >= 15 is 0 Å². The van der Waals surface area contributed by atoms with Crippen molar-refractivity contribution in [3.05, 3.63) is 41.9 Å². The van der Waals surface area contributed by atoms with E-state index in [1.165, 1.54) is 11.8 Å². The first-order valence-corrected chi connectivity index (χ1v) is 8.88. The van der Waals surface area contributed by atoms with E-state index in [1.54, 1.807) is 12.1 Å². The van der Waals surface area contributed by atoms with Gasteiger partial charge in [-0.05, 0) is 25.2 Å². The van der Waals surface area contributed by atoms with Gasteiger partial charge in [-0.1, -0.05) is 6.58 Å². The molecule has 0 radical (unpaired) electrons. The highest BCUT2D eigenvalue weighted by Gasteiger charge is 2.20. The standard InChI is InChI=1S/C17H21FN4OS/c1-12(23)11-24-17-10-16(19-20-17)14-4-3-13(9-15(14)18)22-7-5-21(2)6-8-22/h3-4,9,23H,1,5-8,10-11H2,2H3. The fraction of sp³-hybridized carbons (Fsp3) is 0.412. The van der Waals surface area contributed by atoms with Crippen molar-refractivity contribution in [2.75, 3.05) is 43.9 Å². The third-order valence-electron chi connectivity index (χ3n) is 4.14. The van der Waals surface area contributed by atoms with Gasteiger partial charge in [-0.15, -0.1) is 16.9 Å². The third-order valence-corrected chi connectivity index (χ3v) is 5.18. The first kappa shape index (κ1) is 17.0. The summed E-state index contributed by atoms with van der Waals surface area (Å²) in [7, 11) is 2.10. The summed E-state index contributed by atoms with van der Waals surface area (Å²) in [5.41, 5.74) is 2.04. The minimum atomic E-state index is -0.266. The van der Waals surface area contributed by atoms with Crippen LogP contribution in [0.4, 0.5) is 10.1 Å². The minimum absolute atomic E-state index is 0.0962. The summed E-state index contributed by atoms with van der Waals surface area (Å²) in [6, 6.07) is 5.33. The molecular weight excluding hydrogens is 327 g/mol. The lowest BCUT2D eigenvalue weighted by molar-refractivity contribution is 0.313. The average molecular weight is 348 g/mol. The van der Waals surface area contributed by atoms with Crippen LogP contribution in [0.15, 0.2) is 40.7 Å². The van der Waals surface area contributed by atoms with Crippen molar-refractivity contribution in [2.24, 2.45) is 10.2 Å². The molecule has 0 bridgehead atoms. The highest BCUT2D eigenvalue weighted by molar-refractivity contribution is 8.14. The number of hydrogen-bond donors (Lipinski definition) is 1. The van der Waals surface area contributed by atoms with Crippen LogP contribution < -0.4 is 4.90 Å². The van der Waals surface area contributed by atoms with Gasteiger partial charge in [0.2, 0.25) is 0 Å². The Balaban J connectivity index is 1.65. The molecule has 0 saturated carbocycles. The van der Waals surface area contributed by atoms with Gasteiger partial charge in [0, 0.05) is 43.9 Å². The molecule has 7 heteroatoms. The van der Waals surface area contributed by atoms with Crippen LogP contribution >= 0.6 is 11.8 Å². The van der Waals surface area contributed by atoms with Crippen LogP contribution in [0.1, 0.15) is 12.0 Å². The maximum atomic E-state index is 14.5. The van der Waals surface area contributed by atoms with Crippen LogP contribution in [0.2, 0.25) is 0 Å². The SMILES string of the molecule is C=C(O)CSC1=NN=C(c2ccc(N3CCN(C)CC3)cc2F)C1. The summed E-state index contributed by atoms with van der Waals surface area (Å²) in [5.74, 6) is 0.212. The third kappa shape index (κ3) is 3.96. The maximum absolute atomic E-state index is 14.5. The van der Waals surface area contributed by atoms with Gasteiger partial charge in [0.05, 0.1) is 17.2 Å². The first-order chi connectivity index (χ1) is 11.5. The fourth-order valence-electron chi connectivity index (χ4n) is 2.73. The molecule has 1 saturated heterocycles. The summed E-state index contributed by atoms with van der Waals surface area (Å²) in [6.45, 7) is 7.23. The van der Waals surface area contributed by atoms with Gasteiger partial charge >= 0.3 is 0 Å². The zero-order chi connectivity index (χ0) is 17.1. The monoisotopic (exact) mass is 348 g/mol. The number of aliphatic hydroxyl groups is 1. The van der Waals surface area contributed by atoms with Crippen LogP contribution in [-0.4, -0.2) is 59.7 Å². The van der Waals surface area contributed by atoms with Gasteiger partial charge in [-0.2, -0.15) is 5.10 Å². The summed E-state index contributed by atoms with van der Waals surface area (Å²) in [4.78, 5) is 4.47. The smallest absolute Gasteiger partial charge is 0.134 e. The molecule has 0 amide bonds. The Hall–Kier alpha value is -1.86. The van der Waals surface area contributed by atoms with E-state index in [9.17, 15) is 4.39 Å². The van der Waals surface area contributed by atoms with Crippen molar-refractivity contribution in [3.63, 3.8) is 0 Å². The molecule has 2 aliphatic heterocycles. The van der Waals surface area contributed by atoms with Gasteiger partial charge in [0.1, 0.15) is 10.9 Å². The topological polar surface area (TPSA) is 51.4 Å². The lowest BCUT2D eigenvalue weighted by Crippen LogP contribution is -2.44. The molecule has 128 valence electrons. The van der Waals surface area contributed by atoms with Crippen LogP contribution in [-0.2, 0) is 0 Å². The van der Waals surface area contributed by atoms with E-state index < -0.39 is 0 Å². The van der Waals surface area contributed by atoms with Crippen molar-refractivity contribution < 1.29 is 9.50 Å². The predicted octanol–water partition coefficient (Wildman–Crippen LogP) is 2.89. The van der Waals surface area contributed by atoms with Crippen LogP contribution in [0, 0.1) is 5.82 Å². The largest absolute Gasteiger partial charge is 0.512 e. The molecule has 0 aliphatic carbocycles. The van der Waals surface area contributed by atoms with Gasteiger partial charge in [0.25, 0.3) is 0 Å². The first-order valence-electron chi connectivity index (χ1n) is 7.89. The van der Waals surface area contributed by atoms with E-state index in [4.69, 9.17) is 5.11 Å². The fourth-order valence-corrected chi connectivity index (χ4v) is 3.40. The van der Waals surface area contributed by atoms with Crippen molar-refractivity contribution in [1.29, 1.82) is 0 Å². The number of likely N-dealkylation sites (N-methyl/N-ethyl adjacent to an activating group) is 1. The summed E-state index contributed by atoms with van der Waals surface area (Å²) in [6.07, 6.45) is 0.489. The van der Waals surface area contributed by atoms with Gasteiger partial charge in [-0.3, -0.25) is 0 Å². The molecule has 1 aromatic carbocycles. The summed E-state index contributed by atoms with van der Waals surface area (Å²) in [5, 5.41) is 18.1. The number of aliphatic hydroxyl groups excluding tert-OH is 1. The van der Waals surface area contributed by atoms with Crippen LogP contribution in [0.3, 0.4) is 0 Å². The highest BCUT2D eigenvalue weighted by atomic mass is 32.2. The Labute approximate surface area is 145 Å². The molecular formula is C17H21FN4OS. The van der Waals surface area contributed by atoms with Gasteiger partial charge < -0.3 is 14.9 Å². The Bertz CT molecular complexity index is 696. The normalized spacial score (nSPS) is 18.5. The van der Waals surface area contributed by atoms with Crippen molar-refractivity contribution in [1.82, 2.24) is 4.90 Å². The molecule has 2 heterocycles. The van der Waals surface area contributed by atoms with Crippen LogP contribution in [0.25, 0.3) is 0 Å². The summed E-state index contributed by atoms with van der Waals surface area (Å²) >= 11 is 1.37. The van der Waals surface area contributed by atoms with E-state index in [0.717, 1.165) is 36.9 Å². The molecule has 1 N–H and O–H groups in total. The molecule has 0 atom stereocenters. The second-order valence-corrected chi connectivity index (χ2v) is 7.08. The van der Waals surface area contributed by atoms with Gasteiger partial charge in [0.15, 0.2) is 0 Å². The zero-order valence-electron chi connectivity index (χ0n) is 13.7. The number of rotatable bonds is 4. The van der Waals surface area contributed by atoms with E-state index in [2.05, 4.69) is 33.6 Å². The number of hydrogen-bond acceptors (Lipinski definition) is 6. The molecule has 1 fully saturated rings. The molecule has 1 aromatic rings. The molecule has 24 heavy (non-hydrogen) atoms. The Morgan fingerprint density at radius 1 is 1.29 bits per heavy atom. The molecule has 3 rings (SSSR count). The van der Waals surface area contributed by atoms with E-state index in [-0.39, 0.29) is 11.6 Å². The Morgan fingerprint density at radius 2 is 2.04 bits per heavy atom. The number of piperazine rings is 1. The second-order valence-electron chi connectivity index (χ2n) is 6.03. The van der Waals surface area contributed by atoms with Gasteiger partial charge in [-0.25, -0.2) is 4.39 Å². The van der Waals surface area contributed by atoms with Crippen molar-refractivity contribution in [2.45, 2.75) is 6.42 Å². The summed E-state index contributed by atoms with van der Waals surface area (Å²) < 4.78 is 14.5. The highest BCUT2D eigenvalue weighted by Crippen LogP contribution is 2.25. The number of nitrogens with zero attached hydrogens (tertiary/aromatic N) is 4. The average Bonchev–Trinajstić information content (AvgIpc) is 3.02. The van der Waals surface area contributed by atoms with E-state index in [0.29, 0.717) is 23.4 Å². The molecule has 5 nitrogen and oxygen atoms in total. The van der Waals surface area contributed by atoms with Crippen LogP contribution in [0.5, 0.6) is 0 Å². The number of thioether (sulfide) groups is 1. The Morgan fingerprint density at radius 3 is 2.71 bits per heavy atom. The molecule has 2 aliphatic rings. The lowest BCUT2D eigenvalue weighted by Gasteiger charge is -2.34. The number of halogens is 1. The maximum Gasteiger partial charge on any atom is 0.134 e.